The van der Waals surface area contributed by atoms with Crippen molar-refractivity contribution in [2.75, 3.05) is 6.54 Å². The number of para-hydroxylation sites is 1. The molecule has 1 rings (SSSR count). The van der Waals surface area contributed by atoms with Gasteiger partial charge in [0.25, 0.3) is 0 Å². The van der Waals surface area contributed by atoms with Crippen molar-refractivity contribution in [3.63, 3.8) is 0 Å². The zero-order valence-corrected chi connectivity index (χ0v) is 10.9. The highest BCUT2D eigenvalue weighted by Gasteiger charge is 2.16. The first kappa shape index (κ1) is 14.9. The Morgan fingerprint density at radius 2 is 1.89 bits per heavy atom. The fourth-order valence-corrected chi connectivity index (χ4v) is 1.51. The highest BCUT2D eigenvalue weighted by atomic mass is 16.1. The van der Waals surface area contributed by atoms with E-state index in [2.05, 4.69) is 4.99 Å². The SMILES string of the molecule is CC(=N)CC(=Nc1ccccc1)C(=N)C(=O)CCN. The predicted molar refractivity (Wildman–Crippen MR) is 78.0 cm³/mol. The van der Waals surface area contributed by atoms with Crippen molar-refractivity contribution in [2.45, 2.75) is 19.8 Å². The van der Waals surface area contributed by atoms with E-state index in [9.17, 15) is 4.79 Å². The third-order valence-electron chi connectivity index (χ3n) is 2.39. The minimum Gasteiger partial charge on any atom is -0.330 e. The number of ketones is 1. The molecule has 5 nitrogen and oxygen atoms in total. The highest BCUT2D eigenvalue weighted by molar-refractivity contribution is 6.67. The van der Waals surface area contributed by atoms with Gasteiger partial charge in [-0.3, -0.25) is 15.2 Å². The molecule has 0 radical (unpaired) electrons. The molecule has 0 atom stereocenters. The molecule has 0 heterocycles. The zero-order chi connectivity index (χ0) is 14.3. The summed E-state index contributed by atoms with van der Waals surface area (Å²) in [5.74, 6) is -0.335. The second-order valence-corrected chi connectivity index (χ2v) is 4.19. The van der Waals surface area contributed by atoms with Gasteiger partial charge in [0, 0.05) is 18.6 Å². The molecule has 0 saturated heterocycles. The van der Waals surface area contributed by atoms with Gasteiger partial charge in [0.1, 0.15) is 5.71 Å². The Kier molecular flexibility index (Phi) is 5.75. The molecule has 0 aliphatic rings. The molecule has 0 spiro atoms. The van der Waals surface area contributed by atoms with Gasteiger partial charge < -0.3 is 11.1 Å². The van der Waals surface area contributed by atoms with Gasteiger partial charge in [-0.05, 0) is 25.6 Å². The summed E-state index contributed by atoms with van der Waals surface area (Å²) >= 11 is 0. The Morgan fingerprint density at radius 1 is 1.26 bits per heavy atom. The van der Waals surface area contributed by atoms with E-state index < -0.39 is 0 Å². The Bertz CT molecular complexity index is 505. The van der Waals surface area contributed by atoms with Gasteiger partial charge in [-0.25, -0.2) is 0 Å². The van der Waals surface area contributed by atoms with Crippen LogP contribution in [0.4, 0.5) is 5.69 Å². The molecule has 4 N–H and O–H groups in total. The van der Waals surface area contributed by atoms with Crippen molar-refractivity contribution in [1.29, 1.82) is 10.8 Å². The number of nitrogens with one attached hydrogen (secondary N) is 2. The van der Waals surface area contributed by atoms with Crippen LogP contribution >= 0.6 is 0 Å². The highest BCUT2D eigenvalue weighted by Crippen LogP contribution is 2.12. The van der Waals surface area contributed by atoms with Crippen molar-refractivity contribution in [3.05, 3.63) is 30.3 Å². The van der Waals surface area contributed by atoms with Gasteiger partial charge in [0.15, 0.2) is 5.78 Å². The lowest BCUT2D eigenvalue weighted by Crippen LogP contribution is -2.26. The number of rotatable bonds is 7. The molecule has 0 aliphatic carbocycles. The molecule has 0 fully saturated rings. The van der Waals surface area contributed by atoms with Crippen molar-refractivity contribution in [1.82, 2.24) is 0 Å². The summed E-state index contributed by atoms with van der Waals surface area (Å²) < 4.78 is 0. The largest absolute Gasteiger partial charge is 0.330 e. The van der Waals surface area contributed by atoms with E-state index in [4.69, 9.17) is 16.6 Å². The minimum absolute atomic E-state index is 0.129. The summed E-state index contributed by atoms with van der Waals surface area (Å²) in [7, 11) is 0. The molecule has 0 amide bonds. The van der Waals surface area contributed by atoms with Crippen molar-refractivity contribution in [3.8, 4) is 0 Å². The third-order valence-corrected chi connectivity index (χ3v) is 2.39. The number of nitrogens with zero attached hydrogens (tertiary/aromatic N) is 1. The van der Waals surface area contributed by atoms with Crippen LogP contribution in [0.2, 0.25) is 0 Å². The average molecular weight is 258 g/mol. The Hall–Kier alpha value is -2.14. The average Bonchev–Trinajstić information content (AvgIpc) is 2.38. The van der Waals surface area contributed by atoms with Crippen LogP contribution in [0.5, 0.6) is 0 Å². The van der Waals surface area contributed by atoms with E-state index in [1.807, 2.05) is 18.2 Å². The number of hydrogen-bond acceptors (Lipinski definition) is 5. The Labute approximate surface area is 112 Å². The number of aliphatic imine (C=N–C) groups is 1. The Balaban J connectivity index is 3.01. The van der Waals surface area contributed by atoms with Crippen LogP contribution < -0.4 is 5.73 Å². The Morgan fingerprint density at radius 3 is 2.42 bits per heavy atom. The molecule has 5 heteroatoms. The summed E-state index contributed by atoms with van der Waals surface area (Å²) in [6.45, 7) is 1.84. The van der Waals surface area contributed by atoms with Gasteiger partial charge in [0.05, 0.1) is 11.4 Å². The van der Waals surface area contributed by atoms with Crippen molar-refractivity contribution in [2.24, 2.45) is 10.7 Å². The molecular weight excluding hydrogens is 240 g/mol. The number of benzene rings is 1. The van der Waals surface area contributed by atoms with E-state index >= 15 is 0 Å². The van der Waals surface area contributed by atoms with Gasteiger partial charge in [-0.1, -0.05) is 18.2 Å². The molecule has 100 valence electrons. The van der Waals surface area contributed by atoms with Crippen LogP contribution in [0.3, 0.4) is 0 Å². The number of carbonyl (C=O) groups excluding carboxylic acids is 1. The van der Waals surface area contributed by atoms with E-state index in [1.54, 1.807) is 19.1 Å². The molecule has 19 heavy (non-hydrogen) atoms. The van der Waals surface area contributed by atoms with E-state index in [0.717, 1.165) is 0 Å². The smallest absolute Gasteiger partial charge is 0.183 e. The van der Waals surface area contributed by atoms with Crippen LogP contribution in [-0.4, -0.2) is 29.5 Å². The lowest BCUT2D eigenvalue weighted by molar-refractivity contribution is -0.112. The number of Topliss-reactive ketones (excluding diaryl/α,β-unsaturated/α-hetero) is 1. The van der Waals surface area contributed by atoms with E-state index in [-0.39, 0.29) is 30.9 Å². The summed E-state index contributed by atoms with van der Waals surface area (Å²) in [5, 5.41) is 15.4. The summed E-state index contributed by atoms with van der Waals surface area (Å²) in [4.78, 5) is 16.0. The molecule has 1 aromatic carbocycles. The number of hydrogen-bond donors (Lipinski definition) is 3. The van der Waals surface area contributed by atoms with Gasteiger partial charge in [-0.2, -0.15) is 0 Å². The van der Waals surface area contributed by atoms with Crippen LogP contribution in [0.25, 0.3) is 0 Å². The predicted octanol–water partition coefficient (Wildman–Crippen LogP) is 2.13. The minimum atomic E-state index is -0.335. The fraction of sp³-hybridized carbons (Fsp3) is 0.286. The van der Waals surface area contributed by atoms with Gasteiger partial charge in [0.2, 0.25) is 0 Å². The van der Waals surface area contributed by atoms with Crippen molar-refractivity contribution < 1.29 is 4.79 Å². The number of carbonyl (C=O) groups is 1. The monoisotopic (exact) mass is 258 g/mol. The molecule has 1 aromatic rings. The first-order valence-corrected chi connectivity index (χ1v) is 6.03. The van der Waals surface area contributed by atoms with Crippen LogP contribution in [-0.2, 0) is 4.79 Å². The van der Waals surface area contributed by atoms with Crippen molar-refractivity contribution >= 4 is 28.6 Å². The number of nitrogens with two attached hydrogens (primary N) is 1. The molecule has 0 unspecified atom stereocenters. The molecule has 0 saturated carbocycles. The fourth-order valence-electron chi connectivity index (χ4n) is 1.51. The standard InChI is InChI=1S/C14H18N4O/c1-10(16)9-12(14(17)13(19)7-8-15)18-11-5-3-2-4-6-11/h2-6,16-17H,7-9,15H2,1H3. The molecule has 0 aromatic heterocycles. The summed E-state index contributed by atoms with van der Waals surface area (Å²) in [5.41, 5.74) is 6.52. The van der Waals surface area contributed by atoms with Crippen LogP contribution in [0.15, 0.2) is 35.3 Å². The van der Waals surface area contributed by atoms with Gasteiger partial charge in [-0.15, -0.1) is 0 Å². The summed E-state index contributed by atoms with van der Waals surface area (Å²) in [6, 6.07) is 9.11. The topological polar surface area (TPSA) is 103 Å². The van der Waals surface area contributed by atoms with E-state index in [0.29, 0.717) is 17.1 Å². The molecule has 0 bridgehead atoms. The zero-order valence-electron chi connectivity index (χ0n) is 10.9. The third kappa shape index (κ3) is 4.93. The second kappa shape index (κ2) is 7.33. The first-order valence-electron chi connectivity index (χ1n) is 6.03. The maximum absolute atomic E-state index is 11.7. The van der Waals surface area contributed by atoms with Crippen LogP contribution in [0.1, 0.15) is 19.8 Å². The maximum Gasteiger partial charge on any atom is 0.183 e. The van der Waals surface area contributed by atoms with E-state index in [1.165, 1.54) is 0 Å². The maximum atomic E-state index is 11.7. The van der Waals surface area contributed by atoms with Gasteiger partial charge >= 0.3 is 0 Å². The normalized spacial score (nSPS) is 11.2. The lowest BCUT2D eigenvalue weighted by atomic mass is 10.0. The quantitative estimate of drug-likeness (QED) is 0.652. The lowest BCUT2D eigenvalue weighted by Gasteiger charge is -2.06. The molecule has 0 aliphatic heterocycles. The molecular formula is C14H18N4O. The van der Waals surface area contributed by atoms with Crippen LogP contribution in [0, 0.1) is 10.8 Å². The first-order chi connectivity index (χ1) is 9.04. The second-order valence-electron chi connectivity index (χ2n) is 4.19. The summed E-state index contributed by atoms with van der Waals surface area (Å²) in [6.07, 6.45) is 0.327.